The Kier molecular flexibility index (Phi) is 6.31. The average molecular weight is 330 g/mol. The molecule has 0 aromatic heterocycles. The number of rotatable bonds is 8. The van der Waals surface area contributed by atoms with Gasteiger partial charge in [-0.1, -0.05) is 12.1 Å². The second-order valence-electron chi connectivity index (χ2n) is 4.99. The molecule has 6 nitrogen and oxygen atoms in total. The van der Waals surface area contributed by atoms with Crippen LogP contribution in [0.15, 0.2) is 42.5 Å². The van der Waals surface area contributed by atoms with Crippen LogP contribution in [0.1, 0.15) is 6.42 Å². The summed E-state index contributed by atoms with van der Waals surface area (Å²) in [6.07, 6.45) is 0.304. The van der Waals surface area contributed by atoms with Crippen molar-refractivity contribution in [3.8, 4) is 17.2 Å². The molecular weight excluding hydrogens is 308 g/mol. The maximum Gasteiger partial charge on any atom is 0.226 e. The maximum atomic E-state index is 12.1. The van der Waals surface area contributed by atoms with E-state index in [2.05, 4.69) is 10.6 Å². The molecule has 0 aliphatic rings. The zero-order valence-corrected chi connectivity index (χ0v) is 14.1. The van der Waals surface area contributed by atoms with E-state index >= 15 is 0 Å². The second kappa shape index (κ2) is 8.67. The molecule has 0 unspecified atom stereocenters. The van der Waals surface area contributed by atoms with Crippen molar-refractivity contribution in [1.82, 2.24) is 0 Å². The SMILES string of the molecule is COc1ccc(OC)c(NC(=O)CCNc2ccccc2OC)c1. The lowest BCUT2D eigenvalue weighted by Gasteiger charge is -2.13. The smallest absolute Gasteiger partial charge is 0.226 e. The van der Waals surface area contributed by atoms with Crippen LogP contribution >= 0.6 is 0 Å². The van der Waals surface area contributed by atoms with Gasteiger partial charge in [0.15, 0.2) is 0 Å². The van der Waals surface area contributed by atoms with Crippen molar-refractivity contribution >= 4 is 17.3 Å². The van der Waals surface area contributed by atoms with Gasteiger partial charge in [0.2, 0.25) is 5.91 Å². The van der Waals surface area contributed by atoms with E-state index in [1.54, 1.807) is 39.5 Å². The normalized spacial score (nSPS) is 9.96. The lowest BCUT2D eigenvalue weighted by Crippen LogP contribution is -2.17. The zero-order chi connectivity index (χ0) is 17.4. The molecule has 0 radical (unpaired) electrons. The molecule has 2 aromatic carbocycles. The molecule has 24 heavy (non-hydrogen) atoms. The zero-order valence-electron chi connectivity index (χ0n) is 14.1. The summed E-state index contributed by atoms with van der Waals surface area (Å²) in [6.45, 7) is 0.485. The number of carbonyl (C=O) groups excluding carboxylic acids is 1. The number of amides is 1. The molecule has 0 spiro atoms. The highest BCUT2D eigenvalue weighted by atomic mass is 16.5. The van der Waals surface area contributed by atoms with Crippen molar-refractivity contribution in [3.05, 3.63) is 42.5 Å². The average Bonchev–Trinajstić information content (AvgIpc) is 2.62. The quantitative estimate of drug-likeness (QED) is 0.778. The molecule has 0 heterocycles. The molecule has 0 saturated carbocycles. The number of carbonyl (C=O) groups is 1. The summed E-state index contributed by atoms with van der Waals surface area (Å²) >= 11 is 0. The predicted octanol–water partition coefficient (Wildman–Crippen LogP) is 3.15. The number of ether oxygens (including phenoxy) is 3. The van der Waals surface area contributed by atoms with E-state index < -0.39 is 0 Å². The van der Waals surface area contributed by atoms with E-state index in [0.717, 1.165) is 11.4 Å². The fourth-order valence-corrected chi connectivity index (χ4v) is 2.23. The number of benzene rings is 2. The molecule has 1 amide bonds. The Morgan fingerprint density at radius 3 is 2.33 bits per heavy atom. The van der Waals surface area contributed by atoms with Crippen LogP contribution in [-0.4, -0.2) is 33.8 Å². The third kappa shape index (κ3) is 4.55. The molecular formula is C18H22N2O4. The Morgan fingerprint density at radius 1 is 0.917 bits per heavy atom. The molecule has 2 rings (SSSR count). The lowest BCUT2D eigenvalue weighted by atomic mass is 10.2. The van der Waals surface area contributed by atoms with E-state index in [0.29, 0.717) is 30.2 Å². The fourth-order valence-electron chi connectivity index (χ4n) is 2.23. The molecule has 0 aliphatic carbocycles. The molecule has 6 heteroatoms. The molecule has 2 aromatic rings. The monoisotopic (exact) mass is 330 g/mol. The van der Waals surface area contributed by atoms with Crippen LogP contribution in [-0.2, 0) is 4.79 Å². The summed E-state index contributed by atoms with van der Waals surface area (Å²) in [5, 5.41) is 6.03. The Morgan fingerprint density at radius 2 is 1.62 bits per heavy atom. The Hall–Kier alpha value is -2.89. The first-order chi connectivity index (χ1) is 11.7. The minimum atomic E-state index is -0.121. The van der Waals surface area contributed by atoms with Crippen LogP contribution in [0.3, 0.4) is 0 Å². The Bertz CT molecular complexity index is 688. The first-order valence-electron chi connectivity index (χ1n) is 7.56. The van der Waals surface area contributed by atoms with Crippen LogP contribution < -0.4 is 24.8 Å². The minimum Gasteiger partial charge on any atom is -0.497 e. The number of anilines is 2. The predicted molar refractivity (Wildman–Crippen MR) is 94.3 cm³/mol. The topological polar surface area (TPSA) is 68.8 Å². The molecule has 0 atom stereocenters. The van der Waals surface area contributed by atoms with E-state index in [1.165, 1.54) is 0 Å². The Labute approximate surface area is 141 Å². The number of hydrogen-bond acceptors (Lipinski definition) is 5. The number of hydrogen-bond donors (Lipinski definition) is 2. The van der Waals surface area contributed by atoms with Gasteiger partial charge in [-0.05, 0) is 24.3 Å². The summed E-state index contributed by atoms with van der Waals surface area (Å²) in [7, 11) is 4.74. The van der Waals surface area contributed by atoms with Crippen LogP contribution in [0, 0.1) is 0 Å². The number of nitrogens with one attached hydrogen (secondary N) is 2. The summed E-state index contributed by atoms with van der Waals surface area (Å²) in [5.41, 5.74) is 1.44. The van der Waals surface area contributed by atoms with Crippen LogP contribution in [0.5, 0.6) is 17.2 Å². The van der Waals surface area contributed by atoms with Gasteiger partial charge in [0, 0.05) is 19.0 Å². The van der Waals surface area contributed by atoms with Crippen molar-refractivity contribution in [2.24, 2.45) is 0 Å². The van der Waals surface area contributed by atoms with Crippen molar-refractivity contribution in [1.29, 1.82) is 0 Å². The Balaban J connectivity index is 1.92. The molecule has 0 bridgehead atoms. The van der Waals surface area contributed by atoms with Gasteiger partial charge >= 0.3 is 0 Å². The van der Waals surface area contributed by atoms with Gasteiger partial charge in [0.25, 0.3) is 0 Å². The highest BCUT2D eigenvalue weighted by Crippen LogP contribution is 2.29. The lowest BCUT2D eigenvalue weighted by molar-refractivity contribution is -0.116. The van der Waals surface area contributed by atoms with E-state index in [4.69, 9.17) is 14.2 Å². The second-order valence-corrected chi connectivity index (χ2v) is 4.99. The van der Waals surface area contributed by atoms with Crippen LogP contribution in [0.2, 0.25) is 0 Å². The van der Waals surface area contributed by atoms with Gasteiger partial charge in [-0.2, -0.15) is 0 Å². The van der Waals surface area contributed by atoms with Crippen LogP contribution in [0.4, 0.5) is 11.4 Å². The number of methoxy groups -OCH3 is 3. The van der Waals surface area contributed by atoms with Crippen LogP contribution in [0.25, 0.3) is 0 Å². The van der Waals surface area contributed by atoms with E-state index in [-0.39, 0.29) is 5.91 Å². The maximum absolute atomic E-state index is 12.1. The minimum absolute atomic E-state index is 0.121. The first-order valence-corrected chi connectivity index (χ1v) is 7.56. The number of para-hydroxylation sites is 2. The van der Waals surface area contributed by atoms with Gasteiger partial charge in [-0.25, -0.2) is 0 Å². The van der Waals surface area contributed by atoms with E-state index in [9.17, 15) is 4.79 Å². The van der Waals surface area contributed by atoms with Crippen molar-refractivity contribution in [2.45, 2.75) is 6.42 Å². The summed E-state index contributed by atoms with van der Waals surface area (Å²) < 4.78 is 15.7. The summed E-state index contributed by atoms with van der Waals surface area (Å²) in [6, 6.07) is 12.8. The largest absolute Gasteiger partial charge is 0.497 e. The molecule has 0 fully saturated rings. The van der Waals surface area contributed by atoms with Gasteiger partial charge in [0.05, 0.1) is 32.7 Å². The van der Waals surface area contributed by atoms with Gasteiger partial charge in [-0.15, -0.1) is 0 Å². The van der Waals surface area contributed by atoms with Gasteiger partial charge in [0.1, 0.15) is 17.2 Å². The fraction of sp³-hybridized carbons (Fsp3) is 0.278. The first kappa shape index (κ1) is 17.5. The third-order valence-electron chi connectivity index (χ3n) is 3.46. The van der Waals surface area contributed by atoms with E-state index in [1.807, 2.05) is 24.3 Å². The van der Waals surface area contributed by atoms with Crippen molar-refractivity contribution in [2.75, 3.05) is 38.5 Å². The molecule has 128 valence electrons. The van der Waals surface area contributed by atoms with Crippen molar-refractivity contribution in [3.63, 3.8) is 0 Å². The molecule has 0 saturated heterocycles. The standard InChI is InChI=1S/C18H22N2O4/c1-22-13-8-9-17(24-3)15(12-13)20-18(21)10-11-19-14-6-4-5-7-16(14)23-2/h4-9,12,19H,10-11H2,1-3H3,(H,20,21). The van der Waals surface area contributed by atoms with Gasteiger partial charge in [-0.3, -0.25) is 4.79 Å². The summed E-state index contributed by atoms with van der Waals surface area (Å²) in [5.74, 6) is 1.86. The summed E-state index contributed by atoms with van der Waals surface area (Å²) in [4.78, 5) is 12.1. The van der Waals surface area contributed by atoms with Gasteiger partial charge < -0.3 is 24.8 Å². The highest BCUT2D eigenvalue weighted by Gasteiger charge is 2.09. The van der Waals surface area contributed by atoms with Crippen molar-refractivity contribution < 1.29 is 19.0 Å². The third-order valence-corrected chi connectivity index (χ3v) is 3.46. The highest BCUT2D eigenvalue weighted by molar-refractivity contribution is 5.92. The molecule has 2 N–H and O–H groups in total. The molecule has 0 aliphatic heterocycles.